The molecule has 1 saturated carbocycles. The van der Waals surface area contributed by atoms with Gasteiger partial charge in [-0.1, -0.05) is 13.0 Å². The first-order valence-electron chi connectivity index (χ1n) is 6.59. The topological polar surface area (TPSA) is 36.3 Å². The Labute approximate surface area is 109 Å². The maximum Gasteiger partial charge on any atom is 0.136 e. The van der Waals surface area contributed by atoms with Crippen LogP contribution in [0.5, 0.6) is 5.75 Å². The maximum atomic E-state index is 9.09. The molecule has 0 saturated heterocycles. The Bertz CT molecular complexity index is 446. The third-order valence-corrected chi connectivity index (χ3v) is 3.34. The lowest BCUT2D eigenvalue weighted by Crippen LogP contribution is -2.26. The molecule has 0 radical (unpaired) electrons. The van der Waals surface area contributed by atoms with Crippen molar-refractivity contribution in [2.24, 2.45) is 0 Å². The molecule has 0 N–H and O–H groups in total. The Morgan fingerprint density at radius 1 is 1.44 bits per heavy atom. The molecule has 0 amide bonds. The second kappa shape index (κ2) is 5.88. The molecule has 0 bridgehead atoms. The summed E-state index contributed by atoms with van der Waals surface area (Å²) >= 11 is 0. The van der Waals surface area contributed by atoms with Crippen LogP contribution in [0.3, 0.4) is 0 Å². The molecule has 1 aliphatic rings. The number of ether oxygens (including phenoxy) is 1. The molecule has 3 heteroatoms. The summed E-state index contributed by atoms with van der Waals surface area (Å²) in [6, 6.07) is 8.86. The van der Waals surface area contributed by atoms with Crippen LogP contribution in [0.25, 0.3) is 0 Å². The molecule has 0 heterocycles. The second-order valence-electron chi connectivity index (χ2n) is 4.85. The Hall–Kier alpha value is -1.53. The molecule has 2 rings (SSSR count). The molecule has 0 spiro atoms. The van der Waals surface area contributed by atoms with Crippen LogP contribution in [-0.4, -0.2) is 24.6 Å². The summed E-state index contributed by atoms with van der Waals surface area (Å²) < 4.78 is 5.17. The number of hydrogen-bond donors (Lipinski definition) is 0. The molecule has 0 unspecified atom stereocenters. The summed E-state index contributed by atoms with van der Waals surface area (Å²) in [4.78, 5) is 2.52. The highest BCUT2D eigenvalue weighted by molar-refractivity contribution is 5.45. The van der Waals surface area contributed by atoms with E-state index in [-0.39, 0.29) is 0 Å². The molecular weight excluding hydrogens is 224 g/mol. The van der Waals surface area contributed by atoms with Gasteiger partial charge in [-0.15, -0.1) is 0 Å². The van der Waals surface area contributed by atoms with Crippen LogP contribution < -0.4 is 4.74 Å². The van der Waals surface area contributed by atoms with Crippen molar-refractivity contribution in [2.75, 3.05) is 13.7 Å². The average Bonchev–Trinajstić information content (AvgIpc) is 3.22. The monoisotopic (exact) mass is 244 g/mol. The molecule has 1 aromatic rings. The van der Waals surface area contributed by atoms with Crippen molar-refractivity contribution in [3.05, 3.63) is 29.3 Å². The molecule has 96 valence electrons. The van der Waals surface area contributed by atoms with Crippen molar-refractivity contribution in [1.82, 2.24) is 4.90 Å². The Balaban J connectivity index is 2.10. The van der Waals surface area contributed by atoms with Crippen molar-refractivity contribution >= 4 is 0 Å². The van der Waals surface area contributed by atoms with Gasteiger partial charge in [0.05, 0.1) is 12.7 Å². The van der Waals surface area contributed by atoms with Crippen LogP contribution in [0.15, 0.2) is 18.2 Å². The van der Waals surface area contributed by atoms with Crippen LogP contribution in [0.2, 0.25) is 0 Å². The Morgan fingerprint density at radius 3 is 2.78 bits per heavy atom. The second-order valence-corrected chi connectivity index (χ2v) is 4.85. The van der Waals surface area contributed by atoms with E-state index in [0.717, 1.165) is 19.1 Å². The van der Waals surface area contributed by atoms with E-state index in [1.54, 1.807) is 7.11 Å². The highest BCUT2D eigenvalue weighted by atomic mass is 16.5. The van der Waals surface area contributed by atoms with Gasteiger partial charge in [0.15, 0.2) is 0 Å². The van der Waals surface area contributed by atoms with Gasteiger partial charge in [-0.05, 0) is 43.5 Å². The third-order valence-electron chi connectivity index (χ3n) is 3.34. The van der Waals surface area contributed by atoms with Crippen molar-refractivity contribution in [1.29, 1.82) is 5.26 Å². The largest absolute Gasteiger partial charge is 0.495 e. The quantitative estimate of drug-likeness (QED) is 0.772. The minimum Gasteiger partial charge on any atom is -0.495 e. The average molecular weight is 244 g/mol. The van der Waals surface area contributed by atoms with Crippen molar-refractivity contribution in [3.8, 4) is 11.8 Å². The van der Waals surface area contributed by atoms with Gasteiger partial charge in [0.25, 0.3) is 0 Å². The van der Waals surface area contributed by atoms with E-state index >= 15 is 0 Å². The summed E-state index contributed by atoms with van der Waals surface area (Å²) in [5.74, 6) is 0.662. The first kappa shape index (κ1) is 12.9. The summed E-state index contributed by atoms with van der Waals surface area (Å²) in [5.41, 5.74) is 1.83. The van der Waals surface area contributed by atoms with Gasteiger partial charge in [0.2, 0.25) is 0 Å². The molecular formula is C15H20N2O. The third kappa shape index (κ3) is 3.02. The fourth-order valence-electron chi connectivity index (χ4n) is 2.29. The van der Waals surface area contributed by atoms with E-state index in [1.807, 2.05) is 12.1 Å². The van der Waals surface area contributed by atoms with E-state index in [0.29, 0.717) is 11.3 Å². The van der Waals surface area contributed by atoms with Crippen molar-refractivity contribution in [3.63, 3.8) is 0 Å². The maximum absolute atomic E-state index is 9.09. The first-order chi connectivity index (χ1) is 8.78. The SMILES string of the molecule is CCCN(Cc1ccc(OC)c(C#N)c1)C1CC1. The molecule has 18 heavy (non-hydrogen) atoms. The number of benzene rings is 1. The fourth-order valence-corrected chi connectivity index (χ4v) is 2.29. The van der Waals surface area contributed by atoms with Gasteiger partial charge in [0, 0.05) is 12.6 Å². The van der Waals surface area contributed by atoms with E-state index in [9.17, 15) is 0 Å². The van der Waals surface area contributed by atoms with Crippen LogP contribution in [0, 0.1) is 11.3 Å². The van der Waals surface area contributed by atoms with Crippen LogP contribution in [-0.2, 0) is 6.54 Å². The number of methoxy groups -OCH3 is 1. The standard InChI is InChI=1S/C15H20N2O/c1-3-8-17(14-5-6-14)11-12-4-7-15(18-2)13(9-12)10-16/h4,7,9,14H,3,5-6,8,11H2,1-2H3. The first-order valence-corrected chi connectivity index (χ1v) is 6.59. The molecule has 1 aliphatic carbocycles. The number of hydrogen-bond acceptors (Lipinski definition) is 3. The van der Waals surface area contributed by atoms with E-state index < -0.39 is 0 Å². The Morgan fingerprint density at radius 2 is 2.22 bits per heavy atom. The highest BCUT2D eigenvalue weighted by Gasteiger charge is 2.28. The van der Waals surface area contributed by atoms with E-state index in [4.69, 9.17) is 10.00 Å². The zero-order valence-electron chi connectivity index (χ0n) is 11.1. The normalized spacial score (nSPS) is 14.6. The minimum absolute atomic E-state index is 0.627. The van der Waals surface area contributed by atoms with Gasteiger partial charge in [-0.25, -0.2) is 0 Å². The molecule has 1 aromatic carbocycles. The van der Waals surface area contributed by atoms with Crippen molar-refractivity contribution < 1.29 is 4.74 Å². The molecule has 1 fully saturated rings. The summed E-state index contributed by atoms with van der Waals surface area (Å²) in [7, 11) is 1.60. The lowest BCUT2D eigenvalue weighted by molar-refractivity contribution is 0.255. The fraction of sp³-hybridized carbons (Fsp3) is 0.533. The van der Waals surface area contributed by atoms with Gasteiger partial charge in [0.1, 0.15) is 11.8 Å². The molecule has 0 aromatic heterocycles. The minimum atomic E-state index is 0.627. The van der Waals surface area contributed by atoms with Crippen LogP contribution in [0.4, 0.5) is 0 Å². The Kier molecular flexibility index (Phi) is 4.22. The predicted octanol–water partition coefficient (Wildman–Crippen LogP) is 2.94. The number of nitrogens with zero attached hydrogens (tertiary/aromatic N) is 2. The zero-order chi connectivity index (χ0) is 13.0. The molecule has 3 nitrogen and oxygen atoms in total. The van der Waals surface area contributed by atoms with E-state index in [1.165, 1.54) is 24.8 Å². The van der Waals surface area contributed by atoms with Gasteiger partial charge < -0.3 is 4.74 Å². The zero-order valence-corrected chi connectivity index (χ0v) is 11.1. The van der Waals surface area contributed by atoms with Crippen molar-refractivity contribution in [2.45, 2.75) is 38.8 Å². The van der Waals surface area contributed by atoms with Crippen LogP contribution in [0.1, 0.15) is 37.3 Å². The molecule has 0 aliphatic heterocycles. The van der Waals surface area contributed by atoms with E-state index in [2.05, 4.69) is 24.0 Å². The van der Waals surface area contributed by atoms with Gasteiger partial charge in [-0.3, -0.25) is 4.90 Å². The summed E-state index contributed by atoms with van der Waals surface area (Å²) in [6.45, 7) is 4.29. The highest BCUT2D eigenvalue weighted by Crippen LogP contribution is 2.29. The summed E-state index contributed by atoms with van der Waals surface area (Å²) in [6.07, 6.45) is 3.82. The van der Waals surface area contributed by atoms with Gasteiger partial charge in [-0.2, -0.15) is 5.26 Å². The van der Waals surface area contributed by atoms with Crippen LogP contribution >= 0.6 is 0 Å². The lowest BCUT2D eigenvalue weighted by atomic mass is 10.1. The summed E-state index contributed by atoms with van der Waals surface area (Å²) in [5, 5.41) is 9.09. The predicted molar refractivity (Wildman–Crippen MR) is 71.4 cm³/mol. The van der Waals surface area contributed by atoms with Gasteiger partial charge >= 0.3 is 0 Å². The number of rotatable bonds is 6. The number of nitriles is 1. The smallest absolute Gasteiger partial charge is 0.136 e. The lowest BCUT2D eigenvalue weighted by Gasteiger charge is -2.21. The molecule has 0 atom stereocenters.